The van der Waals surface area contributed by atoms with Crippen LogP contribution >= 0.6 is 0 Å². The maximum Gasteiger partial charge on any atom is 0.163 e. The van der Waals surface area contributed by atoms with Crippen molar-refractivity contribution in [3.8, 4) is 0 Å². The highest BCUT2D eigenvalue weighted by Gasteiger charge is 2.24. The van der Waals surface area contributed by atoms with E-state index in [2.05, 4.69) is 57.2 Å². The summed E-state index contributed by atoms with van der Waals surface area (Å²) in [7, 11) is 0. The molecule has 0 aliphatic heterocycles. The third-order valence-electron chi connectivity index (χ3n) is 8.32. The first-order chi connectivity index (χ1) is 15.6. The molecule has 0 amide bonds. The normalized spacial score (nSPS) is 22.7. The number of rotatable bonds is 9. The van der Waals surface area contributed by atoms with E-state index in [-0.39, 0.29) is 0 Å². The number of hydrogen-bond acceptors (Lipinski definition) is 1. The van der Waals surface area contributed by atoms with Gasteiger partial charge in [0.2, 0.25) is 0 Å². The first kappa shape index (κ1) is 23.3. The second-order valence-electron chi connectivity index (χ2n) is 10.6. The summed E-state index contributed by atoms with van der Waals surface area (Å²) in [5, 5.41) is 0. The molecule has 4 rings (SSSR count). The molecule has 2 aromatic rings. The number of ketones is 1. The Kier molecular flexibility index (Phi) is 7.87. The third kappa shape index (κ3) is 5.53. The Morgan fingerprint density at radius 1 is 0.938 bits per heavy atom. The molecule has 1 saturated carbocycles. The van der Waals surface area contributed by atoms with Gasteiger partial charge in [0.15, 0.2) is 5.78 Å². The smallest absolute Gasteiger partial charge is 0.163 e. The zero-order valence-electron chi connectivity index (χ0n) is 20.6. The number of Topliss-reactive ketones (excluding diaryl/α,β-unsaturated/α-hetero) is 1. The lowest BCUT2D eigenvalue weighted by molar-refractivity contribution is 0.0956. The lowest BCUT2D eigenvalue weighted by Gasteiger charge is -2.25. The maximum absolute atomic E-state index is 13.3. The Labute approximate surface area is 196 Å². The van der Waals surface area contributed by atoms with E-state index in [0.717, 1.165) is 55.9 Å². The molecule has 0 heterocycles. The van der Waals surface area contributed by atoms with Crippen molar-refractivity contribution in [2.24, 2.45) is 17.8 Å². The van der Waals surface area contributed by atoms with E-state index in [1.54, 1.807) is 0 Å². The third-order valence-corrected chi connectivity index (χ3v) is 8.32. The van der Waals surface area contributed by atoms with Crippen LogP contribution in [0, 0.1) is 17.8 Å². The van der Waals surface area contributed by atoms with Gasteiger partial charge in [-0.3, -0.25) is 4.79 Å². The highest BCUT2D eigenvalue weighted by Crippen LogP contribution is 2.35. The molecule has 172 valence electrons. The first-order valence-electron chi connectivity index (χ1n) is 13.3. The molecule has 2 aliphatic carbocycles. The first-order valence-corrected chi connectivity index (χ1v) is 13.3. The molecule has 1 heteroatoms. The highest BCUT2D eigenvalue weighted by atomic mass is 16.1. The Morgan fingerprint density at radius 2 is 1.78 bits per heavy atom. The van der Waals surface area contributed by atoms with Gasteiger partial charge >= 0.3 is 0 Å². The number of benzene rings is 2. The Bertz CT molecular complexity index is 924. The number of aryl methyl sites for hydroxylation is 4. The van der Waals surface area contributed by atoms with Crippen LogP contribution in [0.4, 0.5) is 0 Å². The van der Waals surface area contributed by atoms with Crippen molar-refractivity contribution >= 4 is 5.78 Å². The monoisotopic (exact) mass is 430 g/mol. The zero-order valence-corrected chi connectivity index (χ0v) is 20.6. The van der Waals surface area contributed by atoms with Crippen LogP contribution in [0.5, 0.6) is 0 Å². The van der Waals surface area contributed by atoms with Crippen molar-refractivity contribution in [2.45, 2.75) is 97.8 Å². The van der Waals surface area contributed by atoms with Crippen molar-refractivity contribution < 1.29 is 4.79 Å². The Balaban J connectivity index is 1.40. The molecule has 0 radical (unpaired) electrons. The molecule has 1 nitrogen and oxygen atoms in total. The molecular formula is C31H42O. The molecule has 2 aliphatic rings. The molecule has 0 N–H and O–H groups in total. The summed E-state index contributed by atoms with van der Waals surface area (Å²) in [6.07, 6.45) is 13.9. The van der Waals surface area contributed by atoms with Crippen LogP contribution < -0.4 is 0 Å². The fraction of sp³-hybridized carbons (Fsp3) is 0.581. The van der Waals surface area contributed by atoms with Crippen molar-refractivity contribution in [2.75, 3.05) is 0 Å². The molecular weight excluding hydrogens is 388 g/mol. The molecule has 32 heavy (non-hydrogen) atoms. The van der Waals surface area contributed by atoms with Gasteiger partial charge in [0.05, 0.1) is 0 Å². The number of carbonyl (C=O) groups excluding carboxylic acids is 1. The van der Waals surface area contributed by atoms with E-state index in [1.165, 1.54) is 59.9 Å². The number of fused-ring (bicyclic) bond motifs is 1. The average molecular weight is 431 g/mol. The van der Waals surface area contributed by atoms with E-state index in [9.17, 15) is 4.79 Å². The van der Waals surface area contributed by atoms with Crippen LogP contribution in [0.25, 0.3) is 0 Å². The molecule has 2 aromatic carbocycles. The van der Waals surface area contributed by atoms with Crippen molar-refractivity contribution in [3.63, 3.8) is 0 Å². The van der Waals surface area contributed by atoms with Crippen LogP contribution in [0.3, 0.4) is 0 Å². The van der Waals surface area contributed by atoms with Gasteiger partial charge in [0.25, 0.3) is 0 Å². The summed E-state index contributed by atoms with van der Waals surface area (Å²) in [6.45, 7) is 6.87. The minimum Gasteiger partial charge on any atom is -0.294 e. The molecule has 0 spiro atoms. The van der Waals surface area contributed by atoms with Crippen LogP contribution in [-0.4, -0.2) is 5.78 Å². The largest absolute Gasteiger partial charge is 0.294 e. The topological polar surface area (TPSA) is 17.1 Å². The summed E-state index contributed by atoms with van der Waals surface area (Å²) < 4.78 is 0. The second-order valence-corrected chi connectivity index (χ2v) is 10.6. The molecule has 3 atom stereocenters. The lowest BCUT2D eigenvalue weighted by Crippen LogP contribution is -2.19. The van der Waals surface area contributed by atoms with Gasteiger partial charge in [-0.2, -0.15) is 0 Å². The standard InChI is InChI=1S/C31H42O/c1-4-7-29-19-24(11-14-26-9-6-8-22(26)3)13-17-30(29)31(32)21-25-12-16-27-18-23(5-2)10-15-28(27)20-25/h10,13,15,17-19,22,25-26H,4-9,11-12,14,16,20-21H2,1-3H3/t22?,25-,26-/m0/s1. The molecule has 0 bridgehead atoms. The number of carbonyl (C=O) groups is 1. The average Bonchev–Trinajstić information content (AvgIpc) is 3.22. The maximum atomic E-state index is 13.3. The minimum atomic E-state index is 0.364. The molecule has 0 saturated heterocycles. The summed E-state index contributed by atoms with van der Waals surface area (Å²) in [4.78, 5) is 13.3. The van der Waals surface area contributed by atoms with Crippen LogP contribution in [0.1, 0.15) is 104 Å². The van der Waals surface area contributed by atoms with Gasteiger partial charge in [0, 0.05) is 12.0 Å². The zero-order chi connectivity index (χ0) is 22.5. The van der Waals surface area contributed by atoms with Crippen molar-refractivity contribution in [1.82, 2.24) is 0 Å². The van der Waals surface area contributed by atoms with Gasteiger partial charge < -0.3 is 0 Å². The lowest BCUT2D eigenvalue weighted by atomic mass is 9.79. The van der Waals surface area contributed by atoms with Gasteiger partial charge in [-0.15, -0.1) is 0 Å². The fourth-order valence-corrected chi connectivity index (χ4v) is 6.20. The van der Waals surface area contributed by atoms with Crippen LogP contribution in [0.15, 0.2) is 36.4 Å². The SMILES string of the molecule is CCCc1cc(CC[C@@H]2CCCC2C)ccc1C(=O)C[C@H]1CCc2cc(CC)ccc2C1. The predicted molar refractivity (Wildman–Crippen MR) is 136 cm³/mol. The minimum absolute atomic E-state index is 0.364. The summed E-state index contributed by atoms with van der Waals surface area (Å²) >= 11 is 0. The number of hydrogen-bond donors (Lipinski definition) is 0. The quantitative estimate of drug-likeness (QED) is 0.369. The predicted octanol–water partition coefficient (Wildman–Crippen LogP) is 7.95. The summed E-state index contributed by atoms with van der Waals surface area (Å²) in [5.74, 6) is 2.64. The molecule has 0 aromatic heterocycles. The van der Waals surface area contributed by atoms with Crippen LogP contribution in [-0.2, 0) is 32.1 Å². The van der Waals surface area contributed by atoms with Gasteiger partial charge in [-0.1, -0.05) is 82.9 Å². The Hall–Kier alpha value is -1.89. The Morgan fingerprint density at radius 3 is 2.53 bits per heavy atom. The summed E-state index contributed by atoms with van der Waals surface area (Å²) in [5.41, 5.74) is 8.14. The van der Waals surface area contributed by atoms with E-state index in [0.29, 0.717) is 18.1 Å². The second kappa shape index (κ2) is 10.8. The van der Waals surface area contributed by atoms with Gasteiger partial charge in [0.1, 0.15) is 0 Å². The van der Waals surface area contributed by atoms with E-state index >= 15 is 0 Å². The van der Waals surface area contributed by atoms with E-state index < -0.39 is 0 Å². The van der Waals surface area contributed by atoms with Crippen molar-refractivity contribution in [3.05, 3.63) is 69.8 Å². The highest BCUT2D eigenvalue weighted by molar-refractivity contribution is 5.97. The fourth-order valence-electron chi connectivity index (χ4n) is 6.20. The van der Waals surface area contributed by atoms with E-state index in [1.807, 2.05) is 0 Å². The molecule has 1 fully saturated rings. The van der Waals surface area contributed by atoms with Crippen molar-refractivity contribution in [1.29, 1.82) is 0 Å². The summed E-state index contributed by atoms with van der Waals surface area (Å²) in [6, 6.07) is 13.7. The van der Waals surface area contributed by atoms with Gasteiger partial charge in [-0.25, -0.2) is 0 Å². The van der Waals surface area contributed by atoms with Crippen LogP contribution in [0.2, 0.25) is 0 Å². The van der Waals surface area contributed by atoms with E-state index in [4.69, 9.17) is 0 Å². The molecule has 1 unspecified atom stereocenters. The van der Waals surface area contributed by atoms with Gasteiger partial charge in [-0.05, 0) is 90.5 Å².